The zero-order valence-corrected chi connectivity index (χ0v) is 10.5. The minimum atomic E-state index is 0.737. The highest BCUT2D eigenvalue weighted by Crippen LogP contribution is 2.24. The number of anilines is 1. The summed E-state index contributed by atoms with van der Waals surface area (Å²) in [5.74, 6) is 0.971. The molecule has 2 N–H and O–H groups in total. The Morgan fingerprint density at radius 1 is 1.38 bits per heavy atom. The predicted molar refractivity (Wildman–Crippen MR) is 69.3 cm³/mol. The van der Waals surface area contributed by atoms with Crippen LogP contribution in [0.1, 0.15) is 18.9 Å². The molecule has 0 atom stereocenters. The minimum absolute atomic E-state index is 0.737. The third-order valence-corrected chi connectivity index (χ3v) is 2.78. The molecule has 0 bridgehead atoms. The normalized spacial score (nSPS) is 10.2. The molecule has 0 aliphatic rings. The van der Waals surface area contributed by atoms with Crippen LogP contribution >= 0.6 is 0 Å². The third kappa shape index (κ3) is 3.14. The molecule has 1 aromatic rings. The van der Waals surface area contributed by atoms with E-state index in [1.165, 1.54) is 11.3 Å². The van der Waals surface area contributed by atoms with Crippen LogP contribution in [0.3, 0.4) is 0 Å². The quantitative estimate of drug-likeness (QED) is 0.800. The maximum Gasteiger partial charge on any atom is 0.122 e. The molecule has 16 heavy (non-hydrogen) atoms. The molecule has 1 rings (SSSR count). The fourth-order valence-corrected chi connectivity index (χ4v) is 1.74. The van der Waals surface area contributed by atoms with E-state index in [2.05, 4.69) is 31.0 Å². The van der Waals surface area contributed by atoms with E-state index in [1.54, 1.807) is 7.11 Å². The molecular weight excluding hydrogens is 200 g/mol. The Hall–Kier alpha value is -1.22. The molecule has 90 valence electrons. The number of methoxy groups -OCH3 is 1. The second-order valence-electron chi connectivity index (χ2n) is 3.91. The molecule has 0 amide bonds. The van der Waals surface area contributed by atoms with Gasteiger partial charge in [0.2, 0.25) is 0 Å². The summed E-state index contributed by atoms with van der Waals surface area (Å²) >= 11 is 0. The lowest BCUT2D eigenvalue weighted by molar-refractivity contribution is 0.410. The molecule has 0 aromatic heterocycles. The molecule has 0 saturated heterocycles. The Morgan fingerprint density at radius 3 is 2.69 bits per heavy atom. The van der Waals surface area contributed by atoms with E-state index in [0.717, 1.165) is 31.7 Å². The molecule has 3 nitrogen and oxygen atoms in total. The summed E-state index contributed by atoms with van der Waals surface area (Å²) in [7, 11) is 3.81. The lowest BCUT2D eigenvalue weighted by Gasteiger charge is -2.20. The van der Waals surface area contributed by atoms with Crippen molar-refractivity contribution in [3.05, 3.63) is 23.8 Å². The van der Waals surface area contributed by atoms with Gasteiger partial charge in [-0.25, -0.2) is 0 Å². The van der Waals surface area contributed by atoms with Crippen molar-refractivity contribution in [1.29, 1.82) is 0 Å². The molecular formula is C13H22N2O. The van der Waals surface area contributed by atoms with E-state index < -0.39 is 0 Å². The Balaban J connectivity index is 2.81. The first-order valence-corrected chi connectivity index (χ1v) is 5.81. The molecule has 0 saturated carbocycles. The molecule has 0 heterocycles. The zero-order chi connectivity index (χ0) is 12.0. The zero-order valence-electron chi connectivity index (χ0n) is 10.5. The summed E-state index contributed by atoms with van der Waals surface area (Å²) in [5, 5.41) is 0. The van der Waals surface area contributed by atoms with Crippen LogP contribution in [0, 0.1) is 0 Å². The summed E-state index contributed by atoms with van der Waals surface area (Å²) in [6.45, 7) is 3.87. The first-order chi connectivity index (χ1) is 7.72. The van der Waals surface area contributed by atoms with Crippen molar-refractivity contribution < 1.29 is 4.74 Å². The molecule has 0 unspecified atom stereocenters. The van der Waals surface area contributed by atoms with E-state index in [4.69, 9.17) is 10.5 Å². The van der Waals surface area contributed by atoms with E-state index in [1.807, 2.05) is 6.07 Å². The predicted octanol–water partition coefficient (Wildman–Crippen LogP) is 2.04. The van der Waals surface area contributed by atoms with Gasteiger partial charge in [0.05, 0.1) is 7.11 Å². The first kappa shape index (κ1) is 12.8. The van der Waals surface area contributed by atoms with Crippen LogP contribution in [0.25, 0.3) is 0 Å². The van der Waals surface area contributed by atoms with Crippen molar-refractivity contribution in [2.24, 2.45) is 5.73 Å². The van der Waals surface area contributed by atoms with Gasteiger partial charge in [-0.1, -0.05) is 6.92 Å². The Kier molecular flexibility index (Phi) is 5.12. The molecule has 0 spiro atoms. The van der Waals surface area contributed by atoms with Gasteiger partial charge in [0.1, 0.15) is 5.75 Å². The SMILES string of the molecule is CCc1cc(N(C)CCCN)ccc1OC. The Bertz CT molecular complexity index is 326. The molecule has 0 radical (unpaired) electrons. The van der Waals surface area contributed by atoms with Crippen LogP contribution in [0.15, 0.2) is 18.2 Å². The number of nitrogens with zero attached hydrogens (tertiary/aromatic N) is 1. The van der Waals surface area contributed by atoms with Crippen LogP contribution in [0.4, 0.5) is 5.69 Å². The summed E-state index contributed by atoms with van der Waals surface area (Å²) < 4.78 is 5.31. The van der Waals surface area contributed by atoms with Crippen molar-refractivity contribution in [2.75, 3.05) is 32.1 Å². The third-order valence-electron chi connectivity index (χ3n) is 2.78. The van der Waals surface area contributed by atoms with Gasteiger partial charge in [-0.05, 0) is 43.1 Å². The average Bonchev–Trinajstić information content (AvgIpc) is 2.34. The van der Waals surface area contributed by atoms with Crippen molar-refractivity contribution in [3.63, 3.8) is 0 Å². The van der Waals surface area contributed by atoms with Gasteiger partial charge in [0.25, 0.3) is 0 Å². The molecule has 3 heteroatoms. The van der Waals surface area contributed by atoms with E-state index >= 15 is 0 Å². The monoisotopic (exact) mass is 222 g/mol. The van der Waals surface area contributed by atoms with E-state index in [-0.39, 0.29) is 0 Å². The van der Waals surface area contributed by atoms with Crippen molar-refractivity contribution in [1.82, 2.24) is 0 Å². The number of ether oxygens (including phenoxy) is 1. The van der Waals surface area contributed by atoms with Crippen molar-refractivity contribution in [2.45, 2.75) is 19.8 Å². The Labute approximate surface area is 98.2 Å². The van der Waals surface area contributed by atoms with Crippen molar-refractivity contribution in [3.8, 4) is 5.75 Å². The second-order valence-corrected chi connectivity index (χ2v) is 3.91. The summed E-state index contributed by atoms with van der Waals surface area (Å²) in [5.41, 5.74) is 7.99. The molecule has 0 aliphatic heterocycles. The number of nitrogens with two attached hydrogens (primary N) is 1. The minimum Gasteiger partial charge on any atom is -0.496 e. The maximum absolute atomic E-state index is 5.51. The van der Waals surface area contributed by atoms with Gasteiger partial charge in [-0.2, -0.15) is 0 Å². The fourth-order valence-electron chi connectivity index (χ4n) is 1.74. The molecule has 0 aliphatic carbocycles. The highest BCUT2D eigenvalue weighted by Gasteiger charge is 2.05. The summed E-state index contributed by atoms with van der Waals surface area (Å²) in [4.78, 5) is 2.23. The lowest BCUT2D eigenvalue weighted by atomic mass is 10.1. The van der Waals surface area contributed by atoms with Crippen LogP contribution in [-0.4, -0.2) is 27.2 Å². The van der Waals surface area contributed by atoms with Gasteiger partial charge in [-0.15, -0.1) is 0 Å². The van der Waals surface area contributed by atoms with Crippen LogP contribution in [0.5, 0.6) is 5.75 Å². The van der Waals surface area contributed by atoms with Crippen LogP contribution in [-0.2, 0) is 6.42 Å². The van der Waals surface area contributed by atoms with E-state index in [0.29, 0.717) is 0 Å². The lowest BCUT2D eigenvalue weighted by Crippen LogP contribution is -2.21. The van der Waals surface area contributed by atoms with Gasteiger partial charge >= 0.3 is 0 Å². The van der Waals surface area contributed by atoms with Crippen LogP contribution < -0.4 is 15.4 Å². The van der Waals surface area contributed by atoms with E-state index in [9.17, 15) is 0 Å². The standard InChI is InChI=1S/C13H22N2O/c1-4-11-10-12(6-7-13(11)16-3)15(2)9-5-8-14/h6-7,10H,4-5,8-9,14H2,1-3H3. The average molecular weight is 222 g/mol. The largest absolute Gasteiger partial charge is 0.496 e. The number of hydrogen-bond acceptors (Lipinski definition) is 3. The highest BCUT2D eigenvalue weighted by atomic mass is 16.5. The van der Waals surface area contributed by atoms with Gasteiger partial charge in [-0.3, -0.25) is 0 Å². The fraction of sp³-hybridized carbons (Fsp3) is 0.538. The molecule has 0 fully saturated rings. The maximum atomic E-state index is 5.51. The van der Waals surface area contributed by atoms with Crippen LogP contribution in [0.2, 0.25) is 0 Å². The number of hydrogen-bond donors (Lipinski definition) is 1. The summed E-state index contributed by atoms with van der Waals surface area (Å²) in [6, 6.07) is 6.32. The van der Waals surface area contributed by atoms with Gasteiger partial charge in [0, 0.05) is 19.3 Å². The Morgan fingerprint density at radius 2 is 2.12 bits per heavy atom. The first-order valence-electron chi connectivity index (χ1n) is 5.81. The summed E-state index contributed by atoms with van der Waals surface area (Å²) in [6.07, 6.45) is 2.01. The second kappa shape index (κ2) is 6.38. The molecule has 1 aromatic carbocycles. The number of benzene rings is 1. The van der Waals surface area contributed by atoms with Crippen molar-refractivity contribution >= 4 is 5.69 Å². The smallest absolute Gasteiger partial charge is 0.122 e. The van der Waals surface area contributed by atoms with Gasteiger partial charge < -0.3 is 15.4 Å². The van der Waals surface area contributed by atoms with Gasteiger partial charge in [0.15, 0.2) is 0 Å². The number of aryl methyl sites for hydroxylation is 1. The highest BCUT2D eigenvalue weighted by molar-refractivity contribution is 5.52. The topological polar surface area (TPSA) is 38.5 Å². The number of rotatable bonds is 6.